The van der Waals surface area contributed by atoms with E-state index >= 15 is 0 Å². The first-order chi connectivity index (χ1) is 9.51. The Morgan fingerprint density at radius 1 is 1.30 bits per heavy atom. The molecular formula is C13H13Cl2N3OS. The lowest BCUT2D eigenvalue weighted by Gasteiger charge is -2.14. The van der Waals surface area contributed by atoms with Crippen molar-refractivity contribution in [2.75, 3.05) is 5.43 Å². The van der Waals surface area contributed by atoms with Crippen LogP contribution in [-0.4, -0.2) is 5.91 Å². The first-order valence-corrected chi connectivity index (χ1v) is 7.40. The van der Waals surface area contributed by atoms with Crippen LogP contribution in [0.2, 0.25) is 9.36 Å². The van der Waals surface area contributed by atoms with E-state index in [1.165, 1.54) is 11.3 Å². The maximum Gasteiger partial charge on any atom is 0.253 e. The molecule has 0 aliphatic carbocycles. The predicted octanol–water partition coefficient (Wildman–Crippen LogP) is 3.83. The largest absolute Gasteiger partial charge is 0.345 e. The quantitative estimate of drug-likeness (QED) is 0.589. The van der Waals surface area contributed by atoms with Gasteiger partial charge in [0.1, 0.15) is 0 Å². The van der Waals surface area contributed by atoms with Crippen LogP contribution in [0.3, 0.4) is 0 Å². The molecule has 4 nitrogen and oxygen atoms in total. The number of amides is 1. The van der Waals surface area contributed by atoms with E-state index in [9.17, 15) is 4.79 Å². The van der Waals surface area contributed by atoms with E-state index in [0.717, 1.165) is 4.88 Å². The number of hydrazine groups is 1. The molecule has 0 aliphatic rings. The number of hydrogen-bond donors (Lipinski definition) is 3. The average molecular weight is 330 g/mol. The van der Waals surface area contributed by atoms with Crippen molar-refractivity contribution >= 4 is 46.1 Å². The molecule has 106 valence electrons. The number of carbonyl (C=O) groups excluding carboxylic acids is 1. The molecule has 20 heavy (non-hydrogen) atoms. The SMILES string of the molecule is CC(NC(=O)c1cc(Cl)ccc1NN)c1ccc(Cl)s1. The number of nitrogens with one attached hydrogen (secondary N) is 2. The summed E-state index contributed by atoms with van der Waals surface area (Å²) in [6, 6.07) is 8.43. The predicted molar refractivity (Wildman–Crippen MR) is 84.5 cm³/mol. The van der Waals surface area contributed by atoms with Gasteiger partial charge in [-0.1, -0.05) is 23.2 Å². The zero-order valence-corrected chi connectivity index (χ0v) is 12.9. The highest BCUT2D eigenvalue weighted by molar-refractivity contribution is 7.16. The van der Waals surface area contributed by atoms with Crippen molar-refractivity contribution in [1.29, 1.82) is 0 Å². The minimum atomic E-state index is -0.252. The summed E-state index contributed by atoms with van der Waals surface area (Å²) in [5.41, 5.74) is 3.40. The van der Waals surface area contributed by atoms with Crippen molar-refractivity contribution in [3.05, 3.63) is 50.1 Å². The van der Waals surface area contributed by atoms with Crippen molar-refractivity contribution in [3.63, 3.8) is 0 Å². The van der Waals surface area contributed by atoms with Crippen LogP contribution in [0.4, 0.5) is 5.69 Å². The van der Waals surface area contributed by atoms with E-state index in [4.69, 9.17) is 29.0 Å². The molecule has 1 heterocycles. The molecule has 0 fully saturated rings. The number of nitrogens with two attached hydrogens (primary N) is 1. The highest BCUT2D eigenvalue weighted by Gasteiger charge is 2.16. The number of carbonyl (C=O) groups is 1. The molecule has 1 atom stereocenters. The van der Waals surface area contributed by atoms with Gasteiger partial charge in [-0.05, 0) is 37.3 Å². The fraction of sp³-hybridized carbons (Fsp3) is 0.154. The first kappa shape index (κ1) is 15.1. The van der Waals surface area contributed by atoms with Crippen LogP contribution in [0.15, 0.2) is 30.3 Å². The van der Waals surface area contributed by atoms with E-state index in [2.05, 4.69) is 10.7 Å². The second kappa shape index (κ2) is 6.45. The van der Waals surface area contributed by atoms with Gasteiger partial charge >= 0.3 is 0 Å². The van der Waals surface area contributed by atoms with Gasteiger partial charge in [0.2, 0.25) is 0 Å². The molecule has 1 aromatic carbocycles. The summed E-state index contributed by atoms with van der Waals surface area (Å²) in [6.07, 6.45) is 0. The summed E-state index contributed by atoms with van der Waals surface area (Å²) in [6.45, 7) is 1.89. The van der Waals surface area contributed by atoms with Crippen molar-refractivity contribution in [3.8, 4) is 0 Å². The maximum absolute atomic E-state index is 12.3. The van der Waals surface area contributed by atoms with Crippen molar-refractivity contribution in [1.82, 2.24) is 5.32 Å². The van der Waals surface area contributed by atoms with E-state index in [0.29, 0.717) is 20.6 Å². The van der Waals surface area contributed by atoms with Gasteiger partial charge in [-0.15, -0.1) is 11.3 Å². The second-order valence-corrected chi connectivity index (χ2v) is 6.35. The minimum absolute atomic E-state index is 0.149. The van der Waals surface area contributed by atoms with Crippen molar-refractivity contribution in [2.24, 2.45) is 5.84 Å². The summed E-state index contributed by atoms with van der Waals surface area (Å²) in [5.74, 6) is 5.14. The number of thiophene rings is 1. The molecule has 1 unspecified atom stereocenters. The first-order valence-electron chi connectivity index (χ1n) is 5.83. The van der Waals surface area contributed by atoms with E-state index in [1.54, 1.807) is 24.3 Å². The van der Waals surface area contributed by atoms with Crippen LogP contribution in [-0.2, 0) is 0 Å². The summed E-state index contributed by atoms with van der Waals surface area (Å²) in [4.78, 5) is 13.3. The van der Waals surface area contributed by atoms with Crippen LogP contribution in [0.25, 0.3) is 0 Å². The Balaban J connectivity index is 2.18. The average Bonchev–Trinajstić information content (AvgIpc) is 2.85. The van der Waals surface area contributed by atoms with Crippen LogP contribution >= 0.6 is 34.5 Å². The third-order valence-electron chi connectivity index (χ3n) is 2.75. The number of hydrogen-bond acceptors (Lipinski definition) is 4. The summed E-state index contributed by atoms with van der Waals surface area (Å²) in [5, 5.41) is 3.36. The second-order valence-electron chi connectivity index (χ2n) is 4.17. The van der Waals surface area contributed by atoms with Gasteiger partial charge in [0, 0.05) is 9.90 Å². The van der Waals surface area contributed by atoms with Gasteiger partial charge < -0.3 is 10.7 Å². The number of anilines is 1. The third kappa shape index (κ3) is 3.43. The van der Waals surface area contributed by atoms with Gasteiger partial charge in [-0.3, -0.25) is 10.6 Å². The van der Waals surface area contributed by atoms with Gasteiger partial charge in [0.25, 0.3) is 5.91 Å². The van der Waals surface area contributed by atoms with Crippen LogP contribution in [0.1, 0.15) is 28.2 Å². The Labute approximate surface area is 130 Å². The molecule has 2 aromatic rings. The molecule has 0 spiro atoms. The van der Waals surface area contributed by atoms with E-state index in [1.807, 2.05) is 13.0 Å². The fourth-order valence-electron chi connectivity index (χ4n) is 1.74. The molecule has 0 bridgehead atoms. The molecule has 1 amide bonds. The normalized spacial score (nSPS) is 12.0. The number of rotatable bonds is 4. The Hall–Kier alpha value is -1.27. The lowest BCUT2D eigenvalue weighted by molar-refractivity contribution is 0.0941. The van der Waals surface area contributed by atoms with Crippen molar-refractivity contribution < 1.29 is 4.79 Å². The minimum Gasteiger partial charge on any atom is -0.345 e. The molecule has 4 N–H and O–H groups in total. The fourth-order valence-corrected chi connectivity index (χ4v) is 2.97. The Morgan fingerprint density at radius 2 is 2.05 bits per heavy atom. The zero-order chi connectivity index (χ0) is 14.7. The summed E-state index contributed by atoms with van der Waals surface area (Å²) >= 11 is 13.2. The molecule has 0 saturated heterocycles. The van der Waals surface area contributed by atoms with Gasteiger partial charge in [0.05, 0.1) is 21.6 Å². The number of halogens is 2. The third-order valence-corrected chi connectivity index (χ3v) is 4.40. The molecule has 0 radical (unpaired) electrons. The lowest BCUT2D eigenvalue weighted by Crippen LogP contribution is -2.27. The summed E-state index contributed by atoms with van der Waals surface area (Å²) < 4.78 is 0.688. The Morgan fingerprint density at radius 3 is 2.65 bits per heavy atom. The molecule has 7 heteroatoms. The topological polar surface area (TPSA) is 67.2 Å². The standard InChI is InChI=1S/C13H13Cl2N3OS/c1-7(11-4-5-12(15)20-11)17-13(19)9-6-8(14)2-3-10(9)18-16/h2-7,18H,16H2,1H3,(H,17,19). The van der Waals surface area contributed by atoms with Crippen LogP contribution in [0, 0.1) is 0 Å². The zero-order valence-electron chi connectivity index (χ0n) is 10.6. The van der Waals surface area contributed by atoms with Gasteiger partial charge in [-0.2, -0.15) is 0 Å². The maximum atomic E-state index is 12.3. The Bertz CT molecular complexity index is 630. The van der Waals surface area contributed by atoms with Crippen LogP contribution < -0.4 is 16.6 Å². The van der Waals surface area contributed by atoms with E-state index in [-0.39, 0.29) is 11.9 Å². The lowest BCUT2D eigenvalue weighted by atomic mass is 10.1. The Kier molecular flexibility index (Phi) is 4.88. The van der Waals surface area contributed by atoms with Gasteiger partial charge in [0.15, 0.2) is 0 Å². The highest BCUT2D eigenvalue weighted by atomic mass is 35.5. The van der Waals surface area contributed by atoms with Crippen molar-refractivity contribution in [2.45, 2.75) is 13.0 Å². The molecule has 0 aliphatic heterocycles. The monoisotopic (exact) mass is 329 g/mol. The molecule has 1 aromatic heterocycles. The smallest absolute Gasteiger partial charge is 0.253 e. The molecular weight excluding hydrogens is 317 g/mol. The van der Waals surface area contributed by atoms with Crippen LogP contribution in [0.5, 0.6) is 0 Å². The summed E-state index contributed by atoms with van der Waals surface area (Å²) in [7, 11) is 0. The molecule has 0 saturated carbocycles. The van der Waals surface area contributed by atoms with E-state index < -0.39 is 0 Å². The highest BCUT2D eigenvalue weighted by Crippen LogP contribution is 2.27. The number of benzene rings is 1. The number of nitrogen functional groups attached to an aromatic ring is 1. The van der Waals surface area contributed by atoms with Gasteiger partial charge in [-0.25, -0.2) is 0 Å². The molecule has 2 rings (SSSR count).